The Morgan fingerprint density at radius 3 is 2.17 bits per heavy atom. The summed E-state index contributed by atoms with van der Waals surface area (Å²) in [6, 6.07) is 10.8. The maximum atomic E-state index is 12.4. The topological polar surface area (TPSA) is 69.6 Å². The highest BCUT2D eigenvalue weighted by Gasteiger charge is 2.29. The van der Waals surface area contributed by atoms with Crippen molar-refractivity contribution >= 4 is 12.0 Å². The van der Waals surface area contributed by atoms with Gasteiger partial charge in [0, 0.05) is 19.1 Å². The van der Waals surface area contributed by atoms with Crippen LogP contribution in [0.4, 0.5) is 4.79 Å². The molecule has 5 nitrogen and oxygen atoms in total. The van der Waals surface area contributed by atoms with Gasteiger partial charge in [0.15, 0.2) is 0 Å². The first-order chi connectivity index (χ1) is 11.6. The van der Waals surface area contributed by atoms with Gasteiger partial charge in [-0.05, 0) is 50.0 Å². The lowest BCUT2D eigenvalue weighted by Crippen LogP contribution is -2.49. The van der Waals surface area contributed by atoms with Crippen LogP contribution in [-0.4, -0.2) is 41.1 Å². The number of carbonyl (C=O) groups excluding carboxylic acids is 1. The summed E-state index contributed by atoms with van der Waals surface area (Å²) in [7, 11) is 0. The van der Waals surface area contributed by atoms with E-state index in [1.165, 1.54) is 5.56 Å². The zero-order chi connectivity index (χ0) is 16.9. The maximum absolute atomic E-state index is 12.4. The first-order valence-corrected chi connectivity index (χ1v) is 8.96. The molecule has 2 N–H and O–H groups in total. The number of nitrogens with zero attached hydrogens (tertiary/aromatic N) is 1. The Bertz CT molecular complexity index is 559. The van der Waals surface area contributed by atoms with Crippen molar-refractivity contribution in [1.82, 2.24) is 10.2 Å². The highest BCUT2D eigenvalue weighted by atomic mass is 16.4. The molecule has 1 aliphatic heterocycles. The molecule has 0 bridgehead atoms. The summed E-state index contributed by atoms with van der Waals surface area (Å²) in [5, 5.41) is 12.2. The van der Waals surface area contributed by atoms with Crippen molar-refractivity contribution in [2.45, 2.75) is 50.5 Å². The number of carbonyl (C=O) groups is 2. The second-order valence-corrected chi connectivity index (χ2v) is 7.01. The molecule has 0 aromatic heterocycles. The van der Waals surface area contributed by atoms with Gasteiger partial charge < -0.3 is 15.3 Å². The lowest BCUT2D eigenvalue weighted by Gasteiger charge is -2.34. The molecule has 1 saturated heterocycles. The number of nitrogens with one attached hydrogen (secondary N) is 1. The molecule has 1 aromatic carbocycles. The van der Waals surface area contributed by atoms with E-state index in [1.807, 2.05) is 6.07 Å². The van der Waals surface area contributed by atoms with Gasteiger partial charge in [-0.15, -0.1) is 0 Å². The van der Waals surface area contributed by atoms with Crippen molar-refractivity contribution in [1.29, 1.82) is 0 Å². The molecule has 0 unspecified atom stereocenters. The van der Waals surface area contributed by atoms with Crippen LogP contribution in [0.25, 0.3) is 0 Å². The number of piperidine rings is 1. The minimum atomic E-state index is -0.741. The number of carboxylic acids is 1. The average molecular weight is 330 g/mol. The molecule has 24 heavy (non-hydrogen) atoms. The normalized spacial score (nSPS) is 25.2. The fraction of sp³-hybridized carbons (Fsp3) is 0.579. The summed E-state index contributed by atoms with van der Waals surface area (Å²) in [5.74, 6) is -0.435. The van der Waals surface area contributed by atoms with Crippen LogP contribution in [0, 0.1) is 5.92 Å². The first-order valence-electron chi connectivity index (χ1n) is 8.96. The predicted octanol–water partition coefficient (Wildman–Crippen LogP) is 3.22. The number of urea groups is 1. The molecule has 5 heteroatoms. The van der Waals surface area contributed by atoms with Gasteiger partial charge in [-0.25, -0.2) is 4.79 Å². The molecular formula is C19H26N2O3. The molecule has 130 valence electrons. The van der Waals surface area contributed by atoms with Gasteiger partial charge in [-0.1, -0.05) is 30.3 Å². The van der Waals surface area contributed by atoms with Crippen LogP contribution in [0.3, 0.4) is 0 Å². The molecule has 0 spiro atoms. The van der Waals surface area contributed by atoms with Crippen molar-refractivity contribution < 1.29 is 14.7 Å². The van der Waals surface area contributed by atoms with Gasteiger partial charge in [0.25, 0.3) is 0 Å². The van der Waals surface area contributed by atoms with Crippen LogP contribution >= 0.6 is 0 Å². The highest BCUT2D eigenvalue weighted by molar-refractivity contribution is 5.75. The van der Waals surface area contributed by atoms with Crippen LogP contribution in [0.2, 0.25) is 0 Å². The molecule has 3 rings (SSSR count). The Balaban J connectivity index is 1.43. The van der Waals surface area contributed by atoms with E-state index < -0.39 is 5.97 Å². The van der Waals surface area contributed by atoms with E-state index in [1.54, 1.807) is 4.90 Å². The number of hydrogen-bond acceptors (Lipinski definition) is 2. The summed E-state index contributed by atoms with van der Waals surface area (Å²) in [4.78, 5) is 25.1. The van der Waals surface area contributed by atoms with E-state index in [0.717, 1.165) is 25.7 Å². The Morgan fingerprint density at radius 1 is 0.958 bits per heavy atom. The summed E-state index contributed by atoms with van der Waals surface area (Å²) in [5.41, 5.74) is 1.40. The fourth-order valence-electron chi connectivity index (χ4n) is 3.89. The minimum Gasteiger partial charge on any atom is -0.481 e. The monoisotopic (exact) mass is 330 g/mol. The number of benzene rings is 1. The summed E-state index contributed by atoms with van der Waals surface area (Å²) in [6.45, 7) is 1.09. The third-order valence-electron chi connectivity index (χ3n) is 5.46. The van der Waals surface area contributed by atoms with E-state index >= 15 is 0 Å². The zero-order valence-corrected chi connectivity index (χ0v) is 14.0. The molecular weight excluding hydrogens is 304 g/mol. The van der Waals surface area contributed by atoms with E-state index in [2.05, 4.69) is 29.6 Å². The highest BCUT2D eigenvalue weighted by Crippen LogP contribution is 2.32. The fourth-order valence-corrected chi connectivity index (χ4v) is 3.89. The van der Waals surface area contributed by atoms with Gasteiger partial charge in [-0.3, -0.25) is 4.79 Å². The molecule has 2 amide bonds. The first kappa shape index (κ1) is 16.8. The van der Waals surface area contributed by atoms with Crippen molar-refractivity contribution in [2.75, 3.05) is 13.1 Å². The molecule has 2 fully saturated rings. The SMILES string of the molecule is O=C(O)C1CCN(C(=O)NC2CCC(c3ccccc3)CC2)CC1. The molecule has 1 saturated carbocycles. The van der Waals surface area contributed by atoms with E-state index in [0.29, 0.717) is 31.8 Å². The van der Waals surface area contributed by atoms with Crippen LogP contribution in [0.1, 0.15) is 50.0 Å². The van der Waals surface area contributed by atoms with Gasteiger partial charge in [-0.2, -0.15) is 0 Å². The van der Waals surface area contributed by atoms with Gasteiger partial charge >= 0.3 is 12.0 Å². The van der Waals surface area contributed by atoms with E-state index in [-0.39, 0.29) is 18.0 Å². The molecule has 2 aliphatic rings. The number of rotatable bonds is 3. The number of likely N-dealkylation sites (tertiary alicyclic amines) is 1. The van der Waals surface area contributed by atoms with Gasteiger partial charge in [0.2, 0.25) is 0 Å². The van der Waals surface area contributed by atoms with Crippen molar-refractivity contribution in [3.05, 3.63) is 35.9 Å². The van der Waals surface area contributed by atoms with Gasteiger partial charge in [0.1, 0.15) is 0 Å². The van der Waals surface area contributed by atoms with E-state index in [4.69, 9.17) is 5.11 Å². The standard InChI is InChI=1S/C19H26N2O3/c22-18(23)16-10-12-21(13-11-16)19(24)20-17-8-6-15(7-9-17)14-4-2-1-3-5-14/h1-5,15-17H,6-13H2,(H,20,24)(H,22,23). The Labute approximate surface area is 143 Å². The molecule has 0 atom stereocenters. The van der Waals surface area contributed by atoms with Crippen LogP contribution in [0.5, 0.6) is 0 Å². The van der Waals surface area contributed by atoms with Crippen LogP contribution < -0.4 is 5.32 Å². The largest absolute Gasteiger partial charge is 0.481 e. The smallest absolute Gasteiger partial charge is 0.317 e. The Morgan fingerprint density at radius 2 is 1.58 bits per heavy atom. The Hall–Kier alpha value is -2.04. The van der Waals surface area contributed by atoms with Crippen LogP contribution in [-0.2, 0) is 4.79 Å². The second kappa shape index (κ2) is 7.69. The summed E-state index contributed by atoms with van der Waals surface area (Å²) in [6.07, 6.45) is 5.35. The minimum absolute atomic E-state index is 0.0259. The molecule has 1 aliphatic carbocycles. The van der Waals surface area contributed by atoms with Crippen molar-refractivity contribution in [3.63, 3.8) is 0 Å². The number of aliphatic carboxylic acids is 1. The third kappa shape index (κ3) is 4.08. The lowest BCUT2D eigenvalue weighted by molar-refractivity contribution is -0.143. The second-order valence-electron chi connectivity index (χ2n) is 7.01. The summed E-state index contributed by atoms with van der Waals surface area (Å²) < 4.78 is 0. The predicted molar refractivity (Wildman–Crippen MR) is 91.9 cm³/mol. The molecule has 1 aromatic rings. The molecule has 1 heterocycles. The zero-order valence-electron chi connectivity index (χ0n) is 14.0. The summed E-state index contributed by atoms with van der Waals surface area (Å²) >= 11 is 0. The maximum Gasteiger partial charge on any atom is 0.317 e. The van der Waals surface area contributed by atoms with Crippen LogP contribution in [0.15, 0.2) is 30.3 Å². The van der Waals surface area contributed by atoms with E-state index in [9.17, 15) is 9.59 Å². The van der Waals surface area contributed by atoms with Crippen molar-refractivity contribution in [3.8, 4) is 0 Å². The lowest BCUT2D eigenvalue weighted by atomic mass is 9.82. The number of carboxylic acid groups (broad SMARTS) is 1. The average Bonchev–Trinajstić information content (AvgIpc) is 2.63. The van der Waals surface area contributed by atoms with Crippen molar-refractivity contribution in [2.24, 2.45) is 5.92 Å². The third-order valence-corrected chi connectivity index (χ3v) is 5.46. The Kier molecular flexibility index (Phi) is 5.38. The molecule has 0 radical (unpaired) electrons. The number of amides is 2. The quantitative estimate of drug-likeness (QED) is 0.894. The van der Waals surface area contributed by atoms with Gasteiger partial charge in [0.05, 0.1) is 5.92 Å². The number of hydrogen-bond donors (Lipinski definition) is 2.